The molecule has 0 radical (unpaired) electrons. The average molecular weight is 614 g/mol. The van der Waals surface area contributed by atoms with Crippen LogP contribution in [0.3, 0.4) is 0 Å². The summed E-state index contributed by atoms with van der Waals surface area (Å²) in [6.07, 6.45) is 8.39. The molecule has 1 aliphatic rings. The predicted molar refractivity (Wildman–Crippen MR) is 155 cm³/mol. The number of carbonyl (C=O) groups is 1. The van der Waals surface area contributed by atoms with Crippen LogP contribution in [0.1, 0.15) is 30.7 Å². The Labute approximate surface area is 247 Å². The Bertz CT molecular complexity index is 1630. The molecule has 0 saturated heterocycles. The molecule has 11 nitrogen and oxygen atoms in total. The van der Waals surface area contributed by atoms with E-state index in [1.165, 1.54) is 18.6 Å². The lowest BCUT2D eigenvalue weighted by Crippen LogP contribution is -2.49. The van der Waals surface area contributed by atoms with E-state index in [1.54, 1.807) is 6.20 Å². The van der Waals surface area contributed by atoms with Gasteiger partial charge in [0.05, 0.1) is 16.4 Å². The maximum absolute atomic E-state index is 15.2. The van der Waals surface area contributed by atoms with Crippen LogP contribution in [0.5, 0.6) is 0 Å². The van der Waals surface area contributed by atoms with E-state index >= 15 is 4.39 Å². The predicted octanol–water partition coefficient (Wildman–Crippen LogP) is 4.43. The Kier molecular flexibility index (Phi) is 9.00. The molecule has 5 rings (SSSR count). The van der Waals surface area contributed by atoms with Gasteiger partial charge < -0.3 is 10.1 Å². The van der Waals surface area contributed by atoms with E-state index in [2.05, 4.69) is 37.2 Å². The van der Waals surface area contributed by atoms with Gasteiger partial charge in [0.25, 0.3) is 16.5 Å². The summed E-state index contributed by atoms with van der Waals surface area (Å²) < 4.78 is 50.0. The third-order valence-electron chi connectivity index (χ3n) is 7.31. The van der Waals surface area contributed by atoms with Crippen LogP contribution in [-0.2, 0) is 19.6 Å². The number of halogens is 2. The molecular weight excluding hydrogens is 585 g/mol. The summed E-state index contributed by atoms with van der Waals surface area (Å²) in [6, 6.07) is 13.2. The summed E-state index contributed by atoms with van der Waals surface area (Å²) in [5, 5.41) is 7.69. The number of ether oxygens (including phenoxy) is 1. The molecule has 3 atom stereocenters. The van der Waals surface area contributed by atoms with Crippen LogP contribution < -0.4 is 10.0 Å². The Balaban J connectivity index is 1.36. The monoisotopic (exact) mass is 613 g/mol. The number of nitrogens with one attached hydrogen (secondary N) is 2. The number of benzene rings is 2. The zero-order valence-corrected chi connectivity index (χ0v) is 24.2. The van der Waals surface area contributed by atoms with Gasteiger partial charge in [-0.15, -0.1) is 0 Å². The quantitative estimate of drug-likeness (QED) is 0.186. The lowest BCUT2D eigenvalue weighted by atomic mass is 9.78. The van der Waals surface area contributed by atoms with E-state index in [9.17, 15) is 13.2 Å². The third-order valence-corrected chi connectivity index (χ3v) is 8.99. The van der Waals surface area contributed by atoms with Crippen LogP contribution in [0, 0.1) is 5.82 Å². The van der Waals surface area contributed by atoms with Crippen molar-refractivity contribution in [3.8, 4) is 5.69 Å². The van der Waals surface area contributed by atoms with Gasteiger partial charge in [0, 0.05) is 30.7 Å². The van der Waals surface area contributed by atoms with Crippen LogP contribution in [0.15, 0.2) is 78.3 Å². The van der Waals surface area contributed by atoms with Gasteiger partial charge >= 0.3 is 0 Å². The fourth-order valence-corrected chi connectivity index (χ4v) is 6.66. The third kappa shape index (κ3) is 6.69. The van der Waals surface area contributed by atoms with E-state index in [0.29, 0.717) is 19.3 Å². The van der Waals surface area contributed by atoms with Crippen molar-refractivity contribution < 1.29 is 22.3 Å². The SMILES string of the molecule is CN(COC=O)[C@H]1C[C@@H](c2cccc(-n3cccn3)c2)CC[C@@H]1Nc1cc(F)c(S(=O)(=O)Nc2ccncn2)cc1Cl. The van der Waals surface area contributed by atoms with Crippen molar-refractivity contribution in [3.05, 3.63) is 89.9 Å². The van der Waals surface area contributed by atoms with E-state index in [1.807, 2.05) is 41.0 Å². The molecule has 2 aromatic heterocycles. The molecule has 220 valence electrons. The lowest BCUT2D eigenvalue weighted by Gasteiger charge is -2.41. The first-order valence-corrected chi connectivity index (χ1v) is 15.0. The number of carbonyl (C=O) groups excluding carboxylic acids is 1. The van der Waals surface area contributed by atoms with Crippen molar-refractivity contribution in [2.24, 2.45) is 0 Å². The number of rotatable bonds is 11. The van der Waals surface area contributed by atoms with Crippen molar-refractivity contribution in [2.75, 3.05) is 23.8 Å². The number of sulfonamides is 1. The molecule has 2 heterocycles. The second-order valence-electron chi connectivity index (χ2n) is 9.99. The summed E-state index contributed by atoms with van der Waals surface area (Å²) in [4.78, 5) is 19.8. The average Bonchev–Trinajstić information content (AvgIpc) is 3.53. The van der Waals surface area contributed by atoms with E-state index in [4.69, 9.17) is 16.3 Å². The molecule has 1 aliphatic carbocycles. The zero-order valence-electron chi connectivity index (χ0n) is 22.6. The molecule has 0 spiro atoms. The number of likely N-dealkylation sites (N-methyl/N-ethyl adjacent to an activating group) is 1. The second-order valence-corrected chi connectivity index (χ2v) is 12.0. The fraction of sp³-hybridized carbons (Fsp3) is 0.286. The van der Waals surface area contributed by atoms with Gasteiger partial charge in [0.1, 0.15) is 29.6 Å². The summed E-state index contributed by atoms with van der Waals surface area (Å²) in [5.74, 6) is -0.769. The standard InChI is InChI=1S/C28H29ClFN7O4S/c1-36(17-41-18-38)26-13-20(19-4-2-5-21(12-19)37-11-3-9-33-37)6-7-24(26)34-25-15-23(30)27(14-22(25)29)42(39,40)35-28-8-10-31-16-32-28/h2-5,8-12,14-16,18,20,24,26,34H,6-7,13,17H2,1H3,(H,31,32,35)/t20-,24-,26-/m0/s1. The first-order valence-electron chi connectivity index (χ1n) is 13.1. The Morgan fingerprint density at radius 3 is 2.79 bits per heavy atom. The van der Waals surface area contributed by atoms with Gasteiger partial charge in [-0.25, -0.2) is 27.5 Å². The highest BCUT2D eigenvalue weighted by atomic mass is 35.5. The molecule has 1 saturated carbocycles. The molecular formula is C28H29ClFN7O4S. The van der Waals surface area contributed by atoms with Gasteiger partial charge in [0.2, 0.25) is 0 Å². The van der Waals surface area contributed by atoms with Gasteiger partial charge in [0.15, 0.2) is 0 Å². The molecule has 4 aromatic rings. The van der Waals surface area contributed by atoms with Crippen molar-refractivity contribution in [1.82, 2.24) is 24.6 Å². The lowest BCUT2D eigenvalue weighted by molar-refractivity contribution is -0.133. The van der Waals surface area contributed by atoms with Crippen LogP contribution in [-0.4, -0.2) is 65.4 Å². The van der Waals surface area contributed by atoms with E-state index < -0.39 is 20.7 Å². The molecule has 0 bridgehead atoms. The second kappa shape index (κ2) is 12.8. The molecule has 0 amide bonds. The highest BCUT2D eigenvalue weighted by Gasteiger charge is 2.35. The highest BCUT2D eigenvalue weighted by Crippen LogP contribution is 2.38. The minimum Gasteiger partial charge on any atom is -0.452 e. The molecule has 2 aromatic carbocycles. The van der Waals surface area contributed by atoms with Crippen molar-refractivity contribution in [2.45, 2.75) is 42.2 Å². The first-order chi connectivity index (χ1) is 20.2. The molecule has 42 heavy (non-hydrogen) atoms. The van der Waals surface area contributed by atoms with Gasteiger partial charge in [-0.1, -0.05) is 23.7 Å². The Morgan fingerprint density at radius 1 is 1.19 bits per heavy atom. The van der Waals surface area contributed by atoms with Gasteiger partial charge in [-0.2, -0.15) is 5.10 Å². The van der Waals surface area contributed by atoms with Crippen molar-refractivity contribution in [3.63, 3.8) is 0 Å². The number of hydrogen-bond acceptors (Lipinski definition) is 9. The summed E-state index contributed by atoms with van der Waals surface area (Å²) in [5.41, 5.74) is 2.37. The minimum atomic E-state index is -4.30. The highest BCUT2D eigenvalue weighted by molar-refractivity contribution is 7.92. The number of hydrogen-bond donors (Lipinski definition) is 2. The van der Waals surface area contributed by atoms with Crippen LogP contribution in [0.4, 0.5) is 15.9 Å². The van der Waals surface area contributed by atoms with Crippen LogP contribution in [0.25, 0.3) is 5.69 Å². The number of aromatic nitrogens is 4. The van der Waals surface area contributed by atoms with Crippen LogP contribution in [0.2, 0.25) is 5.02 Å². The largest absolute Gasteiger partial charge is 0.452 e. The number of nitrogens with zero attached hydrogens (tertiary/aromatic N) is 5. The first kappa shape index (κ1) is 29.4. The Morgan fingerprint density at radius 2 is 2.05 bits per heavy atom. The van der Waals surface area contributed by atoms with E-state index in [-0.39, 0.29) is 41.3 Å². The fourth-order valence-electron chi connectivity index (χ4n) is 5.28. The summed E-state index contributed by atoms with van der Waals surface area (Å²) >= 11 is 6.49. The van der Waals surface area contributed by atoms with Crippen LogP contribution >= 0.6 is 11.6 Å². The maximum atomic E-state index is 15.2. The van der Waals surface area contributed by atoms with Gasteiger partial charge in [-0.3, -0.25) is 14.4 Å². The molecule has 14 heteroatoms. The molecule has 0 aliphatic heterocycles. The molecule has 0 unspecified atom stereocenters. The van der Waals surface area contributed by atoms with Crippen molar-refractivity contribution >= 4 is 39.6 Å². The number of anilines is 2. The Hall–Kier alpha value is -4.07. The molecule has 2 N–H and O–H groups in total. The zero-order chi connectivity index (χ0) is 29.7. The topological polar surface area (TPSA) is 131 Å². The van der Waals surface area contributed by atoms with Gasteiger partial charge in [-0.05, 0) is 74.2 Å². The molecule has 1 fully saturated rings. The van der Waals surface area contributed by atoms with E-state index in [0.717, 1.165) is 29.8 Å². The van der Waals surface area contributed by atoms with Crippen molar-refractivity contribution in [1.29, 1.82) is 0 Å². The maximum Gasteiger partial charge on any atom is 0.294 e. The summed E-state index contributed by atoms with van der Waals surface area (Å²) in [6.45, 7) is 0.466. The smallest absolute Gasteiger partial charge is 0.294 e. The summed E-state index contributed by atoms with van der Waals surface area (Å²) in [7, 11) is -2.45. The minimum absolute atomic E-state index is 0.00179. The normalized spacial score (nSPS) is 18.9.